The molecule has 76 heavy (non-hydrogen) atoms. The molecule has 386 valence electrons. The molecule has 0 bridgehead atoms. The summed E-state index contributed by atoms with van der Waals surface area (Å²) >= 11 is 0. The first kappa shape index (κ1) is 51.3. The zero-order chi connectivity index (χ0) is 54.2. The largest absolute Gasteiger partial charge is 0.311 e. The molecule has 0 fully saturated rings. The van der Waals surface area contributed by atoms with Crippen LogP contribution in [0.2, 0.25) is 0 Å². The third kappa shape index (κ3) is 8.50. The molecule has 8 aromatic rings. The Hall–Kier alpha value is -6.78. The SMILES string of the molecule is Cc1cccc(C)c1N1c2cc(N(c3ccc(C(C)(C)C)cc3)c3ccc(C(C)(C)C)cc3-c3ccccc3)ccc2B2c3cc4c(cc3N(c3c(C)cccc3C)c3cc(C(C)(C)C)cc1c32)C(C)(C)CCC4(C)C. The Morgan fingerprint density at radius 2 is 0.895 bits per heavy atom. The van der Waals surface area contributed by atoms with Crippen LogP contribution in [0.5, 0.6) is 0 Å². The molecule has 1 aliphatic carbocycles. The van der Waals surface area contributed by atoms with Crippen LogP contribution < -0.4 is 31.1 Å². The molecule has 4 heteroatoms. The van der Waals surface area contributed by atoms with E-state index in [0.717, 1.165) is 29.9 Å². The lowest BCUT2D eigenvalue weighted by atomic mass is 9.33. The summed E-state index contributed by atoms with van der Waals surface area (Å²) in [6, 6.07) is 59.2. The van der Waals surface area contributed by atoms with Crippen LogP contribution in [-0.4, -0.2) is 6.71 Å². The highest BCUT2D eigenvalue weighted by Gasteiger charge is 2.48. The van der Waals surface area contributed by atoms with Gasteiger partial charge in [0.15, 0.2) is 0 Å². The average Bonchev–Trinajstić information content (AvgIpc) is 3.48. The smallest absolute Gasteiger partial charge is 0.252 e. The second-order valence-corrected chi connectivity index (χ2v) is 27.2. The molecular formula is C72H80BN3. The maximum Gasteiger partial charge on any atom is 0.252 e. The van der Waals surface area contributed by atoms with Gasteiger partial charge >= 0.3 is 0 Å². The van der Waals surface area contributed by atoms with E-state index in [1.54, 1.807) is 0 Å². The van der Waals surface area contributed by atoms with Gasteiger partial charge in [-0.15, -0.1) is 0 Å². The van der Waals surface area contributed by atoms with Crippen LogP contribution in [0.1, 0.15) is 153 Å². The van der Waals surface area contributed by atoms with E-state index in [1.807, 2.05) is 0 Å². The predicted molar refractivity (Wildman–Crippen MR) is 331 cm³/mol. The van der Waals surface area contributed by atoms with Crippen molar-refractivity contribution in [3.63, 3.8) is 0 Å². The van der Waals surface area contributed by atoms with E-state index in [0.29, 0.717) is 0 Å². The van der Waals surface area contributed by atoms with E-state index in [2.05, 4.69) is 284 Å². The molecule has 8 aromatic carbocycles. The summed E-state index contributed by atoms with van der Waals surface area (Å²) in [6.45, 7) is 40.2. The summed E-state index contributed by atoms with van der Waals surface area (Å²) in [5.74, 6) is 0. The fourth-order valence-corrected chi connectivity index (χ4v) is 13.0. The summed E-state index contributed by atoms with van der Waals surface area (Å²) in [6.07, 6.45) is 2.31. The molecule has 0 atom stereocenters. The molecule has 11 rings (SSSR count). The maximum atomic E-state index is 2.69. The molecule has 0 saturated carbocycles. The van der Waals surface area contributed by atoms with Crippen LogP contribution in [0.4, 0.5) is 51.2 Å². The monoisotopic (exact) mass is 998 g/mol. The van der Waals surface area contributed by atoms with E-state index in [1.165, 1.54) is 112 Å². The number of hydrogen-bond acceptors (Lipinski definition) is 3. The van der Waals surface area contributed by atoms with Crippen molar-refractivity contribution in [2.45, 2.75) is 158 Å². The fraction of sp³-hybridized carbons (Fsp3) is 0.333. The van der Waals surface area contributed by atoms with Gasteiger partial charge in [0.25, 0.3) is 6.71 Å². The molecule has 0 aromatic heterocycles. The Bertz CT molecular complexity index is 3550. The highest BCUT2D eigenvalue weighted by atomic mass is 15.2. The van der Waals surface area contributed by atoms with Gasteiger partial charge < -0.3 is 14.7 Å². The van der Waals surface area contributed by atoms with Gasteiger partial charge in [0.05, 0.1) is 17.1 Å². The van der Waals surface area contributed by atoms with Crippen molar-refractivity contribution in [1.82, 2.24) is 0 Å². The van der Waals surface area contributed by atoms with Crippen molar-refractivity contribution in [2.24, 2.45) is 0 Å². The summed E-state index contributed by atoms with van der Waals surface area (Å²) in [5, 5.41) is 0. The van der Waals surface area contributed by atoms with Gasteiger partial charge in [-0.25, -0.2) is 0 Å². The van der Waals surface area contributed by atoms with Crippen molar-refractivity contribution in [2.75, 3.05) is 14.7 Å². The molecule has 0 saturated heterocycles. The molecule has 3 nitrogen and oxygen atoms in total. The zero-order valence-corrected chi connectivity index (χ0v) is 48.8. The molecule has 0 spiro atoms. The number of para-hydroxylation sites is 2. The lowest BCUT2D eigenvalue weighted by molar-refractivity contribution is 0.332. The molecule has 3 aliphatic rings. The number of fused-ring (bicyclic) bond motifs is 5. The van der Waals surface area contributed by atoms with E-state index in [4.69, 9.17) is 0 Å². The molecule has 0 amide bonds. The lowest BCUT2D eigenvalue weighted by Crippen LogP contribution is -2.62. The summed E-state index contributed by atoms with van der Waals surface area (Å²) < 4.78 is 0. The third-order valence-corrected chi connectivity index (χ3v) is 17.7. The minimum atomic E-state index is -0.146. The topological polar surface area (TPSA) is 9.72 Å². The highest BCUT2D eigenvalue weighted by molar-refractivity contribution is 7.00. The zero-order valence-electron chi connectivity index (χ0n) is 48.8. The molecule has 0 radical (unpaired) electrons. The highest BCUT2D eigenvalue weighted by Crippen LogP contribution is 2.53. The summed E-state index contributed by atoms with van der Waals surface area (Å²) in [4.78, 5) is 7.91. The van der Waals surface area contributed by atoms with Crippen LogP contribution in [0, 0.1) is 27.7 Å². The Morgan fingerprint density at radius 3 is 1.41 bits per heavy atom. The van der Waals surface area contributed by atoms with Crippen LogP contribution in [0.15, 0.2) is 152 Å². The number of aryl methyl sites for hydroxylation is 4. The van der Waals surface area contributed by atoms with E-state index in [9.17, 15) is 0 Å². The molecular weight excluding hydrogens is 918 g/mol. The van der Waals surface area contributed by atoms with Gasteiger partial charge in [-0.05, 0) is 194 Å². The van der Waals surface area contributed by atoms with Crippen molar-refractivity contribution in [3.05, 3.63) is 202 Å². The van der Waals surface area contributed by atoms with Crippen molar-refractivity contribution >= 4 is 74.3 Å². The Morgan fingerprint density at radius 1 is 0.421 bits per heavy atom. The van der Waals surface area contributed by atoms with Gasteiger partial charge in [0.1, 0.15) is 0 Å². The Labute approximate surface area is 457 Å². The quantitative estimate of drug-likeness (QED) is 0.154. The third-order valence-electron chi connectivity index (χ3n) is 17.7. The van der Waals surface area contributed by atoms with Gasteiger partial charge in [0, 0.05) is 39.7 Å². The molecule has 0 N–H and O–H groups in total. The van der Waals surface area contributed by atoms with E-state index >= 15 is 0 Å². The van der Waals surface area contributed by atoms with E-state index in [-0.39, 0.29) is 33.8 Å². The molecule has 2 heterocycles. The number of rotatable bonds is 6. The number of benzene rings is 8. The standard InChI is InChI=1S/C72H80BN3/c1-45-23-21-24-46(2)66(45)75-61-42-54(74(53-32-29-50(30-33-53)68(5,6)7)60-36-31-51(69(8,9)10)39-55(60)49-27-19-18-20-28-49)34-35-58(61)73-59-43-56-57(72(16,17)38-37-71(56,14)15)44-62(59)76(67-47(3)25-22-26-48(67)4)64-41-52(70(11,12)13)40-63(75)65(64)73/h18-36,39-44H,37-38H2,1-17H3. The normalized spacial score (nSPS) is 15.5. The first-order chi connectivity index (χ1) is 35.7. The minimum absolute atomic E-state index is 0.0107. The minimum Gasteiger partial charge on any atom is -0.311 e. The van der Waals surface area contributed by atoms with Crippen LogP contribution in [0.3, 0.4) is 0 Å². The number of anilines is 9. The summed E-state index contributed by atoms with van der Waals surface area (Å²) in [7, 11) is 0. The molecule has 2 aliphatic heterocycles. The first-order valence-electron chi connectivity index (χ1n) is 28.1. The average molecular weight is 998 g/mol. The molecule has 0 unspecified atom stereocenters. The maximum absolute atomic E-state index is 2.69. The Balaban J connectivity index is 1.28. The second kappa shape index (κ2) is 17.9. The lowest BCUT2D eigenvalue weighted by Gasteiger charge is -2.48. The van der Waals surface area contributed by atoms with Gasteiger partial charge in [-0.1, -0.05) is 187 Å². The van der Waals surface area contributed by atoms with Crippen LogP contribution in [0.25, 0.3) is 11.1 Å². The first-order valence-corrected chi connectivity index (χ1v) is 28.1. The van der Waals surface area contributed by atoms with Gasteiger partial charge in [0.2, 0.25) is 0 Å². The summed E-state index contributed by atoms with van der Waals surface area (Å²) in [5.41, 5.74) is 29.4. The van der Waals surface area contributed by atoms with Crippen LogP contribution in [-0.2, 0) is 27.1 Å². The van der Waals surface area contributed by atoms with Gasteiger partial charge in [-0.2, -0.15) is 0 Å². The van der Waals surface area contributed by atoms with Crippen LogP contribution >= 0.6 is 0 Å². The van der Waals surface area contributed by atoms with Crippen molar-refractivity contribution in [3.8, 4) is 11.1 Å². The second-order valence-electron chi connectivity index (χ2n) is 27.2. The number of nitrogens with zero attached hydrogens (tertiary/aromatic N) is 3. The number of hydrogen-bond donors (Lipinski definition) is 0. The Kier molecular flexibility index (Phi) is 12.1. The van der Waals surface area contributed by atoms with Gasteiger partial charge in [-0.3, -0.25) is 0 Å². The van der Waals surface area contributed by atoms with E-state index < -0.39 is 0 Å². The fourth-order valence-electron chi connectivity index (χ4n) is 13.0. The van der Waals surface area contributed by atoms with Crippen molar-refractivity contribution < 1.29 is 0 Å². The van der Waals surface area contributed by atoms with Crippen molar-refractivity contribution in [1.29, 1.82) is 0 Å². The predicted octanol–water partition coefficient (Wildman–Crippen LogP) is 18.4.